The molecule has 2 rings (SSSR count). The second-order valence-electron chi connectivity index (χ2n) is 5.11. The van der Waals surface area contributed by atoms with Crippen LogP contribution in [0.3, 0.4) is 0 Å². The normalized spacial score (nSPS) is 11.4. The van der Waals surface area contributed by atoms with Crippen LogP contribution in [0.5, 0.6) is 0 Å². The third kappa shape index (κ3) is 4.65. The Morgan fingerprint density at radius 2 is 1.87 bits per heavy atom. The van der Waals surface area contributed by atoms with Gasteiger partial charge in [0.15, 0.2) is 0 Å². The van der Waals surface area contributed by atoms with Gasteiger partial charge in [0.1, 0.15) is 0 Å². The van der Waals surface area contributed by atoms with Gasteiger partial charge in [0.25, 0.3) is 5.69 Å². The third-order valence-corrected chi connectivity index (χ3v) is 3.52. The number of aliphatic hydroxyl groups excluding tert-OH is 1. The van der Waals surface area contributed by atoms with Gasteiger partial charge in [-0.05, 0) is 29.7 Å². The van der Waals surface area contributed by atoms with Crippen LogP contribution in [0.15, 0.2) is 48.5 Å². The first-order valence-electron chi connectivity index (χ1n) is 7.29. The van der Waals surface area contributed by atoms with Crippen LogP contribution in [-0.2, 0) is 6.61 Å². The van der Waals surface area contributed by atoms with E-state index in [1.165, 1.54) is 12.1 Å². The number of benzene rings is 2. The van der Waals surface area contributed by atoms with Gasteiger partial charge in [-0.1, -0.05) is 36.1 Å². The van der Waals surface area contributed by atoms with Crippen LogP contribution in [0.25, 0.3) is 0 Å². The largest absolute Gasteiger partial charge is 0.392 e. The van der Waals surface area contributed by atoms with Crippen LogP contribution in [0.4, 0.5) is 5.69 Å². The number of hydrogen-bond donors (Lipinski definition) is 2. The molecule has 0 radical (unpaired) electrons. The highest BCUT2D eigenvalue weighted by Crippen LogP contribution is 2.20. The molecule has 0 fully saturated rings. The zero-order valence-corrected chi connectivity index (χ0v) is 12.6. The minimum atomic E-state index is -0.436. The summed E-state index contributed by atoms with van der Waals surface area (Å²) in [5.41, 5.74) is 8.71. The van der Waals surface area contributed by atoms with Crippen LogP contribution >= 0.6 is 0 Å². The van der Waals surface area contributed by atoms with Crippen molar-refractivity contribution in [3.63, 3.8) is 0 Å². The zero-order chi connectivity index (χ0) is 16.7. The Morgan fingerprint density at radius 3 is 2.52 bits per heavy atom. The van der Waals surface area contributed by atoms with Gasteiger partial charge in [0, 0.05) is 30.2 Å². The van der Waals surface area contributed by atoms with Crippen molar-refractivity contribution in [3.8, 4) is 11.8 Å². The fraction of sp³-hybridized carbons (Fsp3) is 0.222. The molecule has 2 aromatic rings. The summed E-state index contributed by atoms with van der Waals surface area (Å²) in [5.74, 6) is 5.99. The molecule has 0 saturated carbocycles. The molecule has 0 spiro atoms. The average Bonchev–Trinajstić information content (AvgIpc) is 2.58. The standard InChI is InChI=1S/C18H18N2O3/c19-18(17-7-3-2-6-15(17)13-21)8-4-1-5-14-9-11-16(12-10-14)20(22)23/h2-3,6-7,9-12,18,21H,4,8,13,19H2/t18-/m1/s1. The number of nitrogens with zero attached hydrogens (tertiary/aromatic N) is 1. The molecule has 0 amide bonds. The molecule has 0 heterocycles. The maximum Gasteiger partial charge on any atom is 0.269 e. The molecule has 0 aromatic heterocycles. The first kappa shape index (κ1) is 16.7. The molecule has 0 saturated heterocycles. The topological polar surface area (TPSA) is 89.4 Å². The van der Waals surface area contributed by atoms with E-state index in [0.29, 0.717) is 12.8 Å². The maximum absolute atomic E-state index is 10.6. The SMILES string of the molecule is N[C@H](CCC#Cc1ccc([N+](=O)[O-])cc1)c1ccccc1CO. The number of nitro groups is 1. The van der Waals surface area contributed by atoms with E-state index in [2.05, 4.69) is 11.8 Å². The van der Waals surface area contributed by atoms with Crippen LogP contribution in [0.1, 0.15) is 35.6 Å². The van der Waals surface area contributed by atoms with E-state index in [4.69, 9.17) is 5.73 Å². The molecule has 2 aromatic carbocycles. The Bertz CT molecular complexity index is 730. The number of aliphatic hydroxyl groups is 1. The Labute approximate surface area is 134 Å². The summed E-state index contributed by atoms with van der Waals surface area (Å²) in [6.45, 7) is -0.0294. The van der Waals surface area contributed by atoms with E-state index in [1.807, 2.05) is 24.3 Å². The van der Waals surface area contributed by atoms with Crippen LogP contribution in [0, 0.1) is 22.0 Å². The Morgan fingerprint density at radius 1 is 1.17 bits per heavy atom. The molecule has 0 bridgehead atoms. The summed E-state index contributed by atoms with van der Waals surface area (Å²) in [4.78, 5) is 10.1. The van der Waals surface area contributed by atoms with Gasteiger partial charge < -0.3 is 10.8 Å². The fourth-order valence-electron chi connectivity index (χ4n) is 2.25. The first-order chi connectivity index (χ1) is 11.1. The molecule has 0 unspecified atom stereocenters. The molecule has 0 aliphatic carbocycles. The highest BCUT2D eigenvalue weighted by Gasteiger charge is 2.09. The second kappa shape index (κ2) is 8.08. The summed E-state index contributed by atoms with van der Waals surface area (Å²) in [5, 5.41) is 19.9. The van der Waals surface area contributed by atoms with E-state index < -0.39 is 4.92 Å². The van der Waals surface area contributed by atoms with E-state index >= 15 is 0 Å². The molecule has 23 heavy (non-hydrogen) atoms. The van der Waals surface area contributed by atoms with Crippen LogP contribution in [-0.4, -0.2) is 10.0 Å². The molecular formula is C18H18N2O3. The Kier molecular flexibility index (Phi) is 5.87. The van der Waals surface area contributed by atoms with Crippen molar-refractivity contribution in [2.45, 2.75) is 25.5 Å². The summed E-state index contributed by atoms with van der Waals surface area (Å²) < 4.78 is 0. The predicted octanol–water partition coefficient (Wildman–Crippen LogP) is 2.92. The summed E-state index contributed by atoms with van der Waals surface area (Å²) in [7, 11) is 0. The van der Waals surface area contributed by atoms with Gasteiger partial charge in [-0.25, -0.2) is 0 Å². The molecule has 5 nitrogen and oxygen atoms in total. The monoisotopic (exact) mass is 310 g/mol. The Hall–Kier alpha value is -2.68. The van der Waals surface area contributed by atoms with Gasteiger partial charge in [-0.3, -0.25) is 10.1 Å². The highest BCUT2D eigenvalue weighted by molar-refractivity contribution is 5.41. The molecular weight excluding hydrogens is 292 g/mol. The van der Waals surface area contributed by atoms with E-state index in [-0.39, 0.29) is 18.3 Å². The second-order valence-corrected chi connectivity index (χ2v) is 5.11. The zero-order valence-electron chi connectivity index (χ0n) is 12.6. The number of rotatable bonds is 5. The highest BCUT2D eigenvalue weighted by atomic mass is 16.6. The van der Waals surface area contributed by atoms with Crippen LogP contribution < -0.4 is 5.73 Å². The van der Waals surface area contributed by atoms with E-state index in [0.717, 1.165) is 16.7 Å². The van der Waals surface area contributed by atoms with Crippen molar-refractivity contribution in [2.75, 3.05) is 0 Å². The smallest absolute Gasteiger partial charge is 0.269 e. The van der Waals surface area contributed by atoms with Gasteiger partial charge >= 0.3 is 0 Å². The quantitative estimate of drug-likeness (QED) is 0.505. The van der Waals surface area contributed by atoms with Crippen molar-refractivity contribution in [1.29, 1.82) is 0 Å². The Balaban J connectivity index is 1.93. The summed E-state index contributed by atoms with van der Waals surface area (Å²) in [6.07, 6.45) is 1.29. The maximum atomic E-state index is 10.6. The lowest BCUT2D eigenvalue weighted by atomic mass is 9.98. The van der Waals surface area contributed by atoms with Crippen molar-refractivity contribution < 1.29 is 10.0 Å². The van der Waals surface area contributed by atoms with Crippen molar-refractivity contribution >= 4 is 5.69 Å². The van der Waals surface area contributed by atoms with Crippen molar-refractivity contribution in [2.24, 2.45) is 5.73 Å². The lowest BCUT2D eigenvalue weighted by Gasteiger charge is -2.14. The minimum Gasteiger partial charge on any atom is -0.392 e. The van der Waals surface area contributed by atoms with E-state index in [1.54, 1.807) is 12.1 Å². The lowest BCUT2D eigenvalue weighted by molar-refractivity contribution is -0.384. The lowest BCUT2D eigenvalue weighted by Crippen LogP contribution is -2.12. The fourth-order valence-corrected chi connectivity index (χ4v) is 2.25. The number of hydrogen-bond acceptors (Lipinski definition) is 4. The van der Waals surface area contributed by atoms with E-state index in [9.17, 15) is 15.2 Å². The van der Waals surface area contributed by atoms with Crippen molar-refractivity contribution in [1.82, 2.24) is 0 Å². The number of nitro benzene ring substituents is 1. The van der Waals surface area contributed by atoms with Gasteiger partial charge in [-0.15, -0.1) is 0 Å². The molecule has 0 aliphatic rings. The average molecular weight is 310 g/mol. The van der Waals surface area contributed by atoms with Gasteiger partial charge in [-0.2, -0.15) is 0 Å². The molecule has 0 aliphatic heterocycles. The minimum absolute atomic E-state index is 0.0294. The molecule has 3 N–H and O–H groups in total. The number of nitrogens with two attached hydrogens (primary N) is 1. The van der Waals surface area contributed by atoms with Gasteiger partial charge in [0.05, 0.1) is 11.5 Å². The summed E-state index contributed by atoms with van der Waals surface area (Å²) in [6, 6.07) is 13.5. The first-order valence-corrected chi connectivity index (χ1v) is 7.29. The van der Waals surface area contributed by atoms with Gasteiger partial charge in [0.2, 0.25) is 0 Å². The molecule has 118 valence electrons. The molecule has 1 atom stereocenters. The molecule has 5 heteroatoms. The summed E-state index contributed by atoms with van der Waals surface area (Å²) >= 11 is 0. The third-order valence-electron chi connectivity index (χ3n) is 3.52. The number of non-ortho nitro benzene ring substituents is 1. The van der Waals surface area contributed by atoms with Crippen molar-refractivity contribution in [3.05, 3.63) is 75.3 Å². The predicted molar refractivity (Wildman–Crippen MR) is 88.5 cm³/mol. The van der Waals surface area contributed by atoms with Crippen LogP contribution in [0.2, 0.25) is 0 Å².